The van der Waals surface area contributed by atoms with Crippen LogP contribution in [0.3, 0.4) is 0 Å². The van der Waals surface area contributed by atoms with Crippen LogP contribution >= 0.6 is 15.9 Å². The average Bonchev–Trinajstić information content (AvgIpc) is 2.71. The van der Waals surface area contributed by atoms with Gasteiger partial charge in [-0.3, -0.25) is 9.78 Å². The number of benzene rings is 2. The Balaban J connectivity index is 2.22. The molecule has 1 amide bonds. The molecule has 0 aliphatic carbocycles. The number of rotatable bonds is 4. The van der Waals surface area contributed by atoms with Crippen molar-refractivity contribution in [3.8, 4) is 11.5 Å². The lowest BCUT2D eigenvalue weighted by Crippen LogP contribution is -2.23. The third-order valence-electron chi connectivity index (χ3n) is 4.90. The van der Waals surface area contributed by atoms with Crippen molar-refractivity contribution >= 4 is 59.6 Å². The van der Waals surface area contributed by atoms with Gasteiger partial charge in [-0.2, -0.15) is 0 Å². The Bertz CT molecular complexity index is 1240. The molecule has 0 aliphatic heterocycles. The van der Waals surface area contributed by atoms with Crippen LogP contribution in [0.15, 0.2) is 65.3 Å². The SMILES string of the molecule is C[Si](C)(C)C#C/C=C(/c1ccc(Br)c2cccc(NC(=O)c3ccccn3)c12)[Si](C)(C)C. The van der Waals surface area contributed by atoms with Gasteiger partial charge in [0.15, 0.2) is 0 Å². The molecule has 164 valence electrons. The molecule has 1 N–H and O–H groups in total. The fourth-order valence-corrected chi connectivity index (χ4v) is 5.90. The summed E-state index contributed by atoms with van der Waals surface area (Å²) < 4.78 is 0.994. The van der Waals surface area contributed by atoms with Crippen LogP contribution < -0.4 is 5.32 Å². The topological polar surface area (TPSA) is 42.0 Å². The molecule has 2 aromatic carbocycles. The van der Waals surface area contributed by atoms with Crippen LogP contribution in [0.2, 0.25) is 39.3 Å². The highest BCUT2D eigenvalue weighted by molar-refractivity contribution is 9.10. The summed E-state index contributed by atoms with van der Waals surface area (Å²) >= 11 is 3.70. The molecule has 0 bridgehead atoms. The second-order valence-electron chi connectivity index (χ2n) is 9.82. The lowest BCUT2D eigenvalue weighted by Gasteiger charge is -2.24. The molecule has 6 heteroatoms. The maximum absolute atomic E-state index is 12.9. The van der Waals surface area contributed by atoms with Crippen molar-refractivity contribution in [2.45, 2.75) is 39.3 Å². The van der Waals surface area contributed by atoms with Gasteiger partial charge in [0.2, 0.25) is 0 Å². The fraction of sp³-hybridized carbons (Fsp3) is 0.231. The van der Waals surface area contributed by atoms with Gasteiger partial charge in [-0.1, -0.05) is 85.4 Å². The number of amides is 1. The van der Waals surface area contributed by atoms with E-state index in [0.29, 0.717) is 5.69 Å². The van der Waals surface area contributed by atoms with E-state index < -0.39 is 16.1 Å². The van der Waals surface area contributed by atoms with Gasteiger partial charge in [0.05, 0.1) is 8.07 Å². The van der Waals surface area contributed by atoms with Gasteiger partial charge in [0, 0.05) is 21.7 Å². The monoisotopic (exact) mass is 520 g/mol. The van der Waals surface area contributed by atoms with E-state index in [1.807, 2.05) is 18.2 Å². The zero-order valence-corrected chi connectivity index (χ0v) is 23.1. The van der Waals surface area contributed by atoms with Gasteiger partial charge >= 0.3 is 0 Å². The number of pyridine rings is 1. The van der Waals surface area contributed by atoms with Crippen LogP contribution in [0.25, 0.3) is 16.0 Å². The molecule has 3 nitrogen and oxygen atoms in total. The molecule has 0 saturated carbocycles. The molecule has 32 heavy (non-hydrogen) atoms. The highest BCUT2D eigenvalue weighted by Crippen LogP contribution is 2.38. The zero-order chi connectivity index (χ0) is 23.5. The first kappa shape index (κ1) is 24.2. The Hall–Kier alpha value is -2.47. The van der Waals surface area contributed by atoms with E-state index in [-0.39, 0.29) is 5.91 Å². The lowest BCUT2D eigenvalue weighted by atomic mass is 10.0. The number of fused-ring (bicyclic) bond motifs is 1. The second kappa shape index (κ2) is 9.57. The van der Waals surface area contributed by atoms with E-state index in [0.717, 1.165) is 26.5 Å². The molecule has 0 spiro atoms. The Labute approximate surface area is 201 Å². The van der Waals surface area contributed by atoms with Crippen LogP contribution in [0.4, 0.5) is 5.69 Å². The molecule has 0 radical (unpaired) electrons. The second-order valence-corrected chi connectivity index (χ2v) is 20.5. The van der Waals surface area contributed by atoms with Gasteiger partial charge in [-0.15, -0.1) is 5.54 Å². The Kier molecular flexibility index (Phi) is 7.23. The number of nitrogens with one attached hydrogen (secondary N) is 1. The Morgan fingerprint density at radius 3 is 2.38 bits per heavy atom. The van der Waals surface area contributed by atoms with E-state index in [1.165, 1.54) is 5.20 Å². The third kappa shape index (κ3) is 5.86. The van der Waals surface area contributed by atoms with Crippen molar-refractivity contribution in [1.82, 2.24) is 4.98 Å². The predicted octanol–water partition coefficient (Wildman–Crippen LogP) is 7.39. The van der Waals surface area contributed by atoms with Crippen LogP contribution in [0, 0.1) is 11.5 Å². The van der Waals surface area contributed by atoms with E-state index >= 15 is 0 Å². The Morgan fingerprint density at radius 1 is 1.00 bits per heavy atom. The largest absolute Gasteiger partial charge is 0.320 e. The highest BCUT2D eigenvalue weighted by atomic mass is 79.9. The van der Waals surface area contributed by atoms with Crippen molar-refractivity contribution < 1.29 is 4.79 Å². The summed E-state index contributed by atoms with van der Waals surface area (Å²) in [6.45, 7) is 13.8. The molecular formula is C26H29BrN2OSi2. The first-order valence-corrected chi connectivity index (χ1v) is 18.4. The highest BCUT2D eigenvalue weighted by Gasteiger charge is 2.24. The Morgan fingerprint density at radius 2 is 1.75 bits per heavy atom. The van der Waals surface area contributed by atoms with Crippen molar-refractivity contribution in [1.29, 1.82) is 0 Å². The van der Waals surface area contributed by atoms with Crippen molar-refractivity contribution in [2.24, 2.45) is 0 Å². The van der Waals surface area contributed by atoms with Crippen molar-refractivity contribution in [3.63, 3.8) is 0 Å². The molecule has 0 atom stereocenters. The number of aromatic nitrogens is 1. The summed E-state index contributed by atoms with van der Waals surface area (Å²) in [6, 6.07) is 15.6. The van der Waals surface area contributed by atoms with Crippen LogP contribution in [0.5, 0.6) is 0 Å². The van der Waals surface area contributed by atoms with Gasteiger partial charge in [0.1, 0.15) is 13.8 Å². The first-order chi connectivity index (χ1) is 15.0. The van der Waals surface area contributed by atoms with E-state index in [9.17, 15) is 4.79 Å². The summed E-state index contributed by atoms with van der Waals surface area (Å²) in [6.07, 6.45) is 3.74. The number of carbonyl (C=O) groups excluding carboxylic acids is 1. The van der Waals surface area contributed by atoms with Gasteiger partial charge in [-0.25, -0.2) is 0 Å². The van der Waals surface area contributed by atoms with Crippen molar-refractivity contribution in [3.05, 3.63) is 76.5 Å². The maximum atomic E-state index is 12.9. The summed E-state index contributed by atoms with van der Waals surface area (Å²) in [4.78, 5) is 17.1. The normalized spacial score (nSPS) is 12.3. The number of hydrogen-bond acceptors (Lipinski definition) is 2. The molecule has 1 heterocycles. The average molecular weight is 522 g/mol. The predicted molar refractivity (Wildman–Crippen MR) is 146 cm³/mol. The zero-order valence-electron chi connectivity index (χ0n) is 19.5. The number of allylic oxidation sites excluding steroid dienone is 1. The first-order valence-electron chi connectivity index (χ1n) is 10.6. The van der Waals surface area contributed by atoms with Crippen molar-refractivity contribution in [2.75, 3.05) is 5.32 Å². The molecule has 0 fully saturated rings. The minimum absolute atomic E-state index is 0.221. The van der Waals surface area contributed by atoms with Gasteiger partial charge in [-0.05, 0) is 46.5 Å². The van der Waals surface area contributed by atoms with Gasteiger partial charge < -0.3 is 5.32 Å². The summed E-state index contributed by atoms with van der Waals surface area (Å²) in [5, 5.41) is 6.45. The summed E-state index contributed by atoms with van der Waals surface area (Å²) in [5.74, 6) is 3.15. The number of nitrogens with zero attached hydrogens (tertiary/aromatic N) is 1. The molecule has 1 aromatic heterocycles. The molecular weight excluding hydrogens is 492 g/mol. The number of anilines is 1. The molecule has 0 saturated heterocycles. The van der Waals surface area contributed by atoms with E-state index in [2.05, 4.69) is 101 Å². The van der Waals surface area contributed by atoms with Crippen LogP contribution in [-0.2, 0) is 0 Å². The minimum atomic E-state index is -1.75. The quantitative estimate of drug-likeness (QED) is 0.287. The van der Waals surface area contributed by atoms with Gasteiger partial charge in [0.25, 0.3) is 5.91 Å². The van der Waals surface area contributed by atoms with Crippen LogP contribution in [-0.4, -0.2) is 27.0 Å². The smallest absolute Gasteiger partial charge is 0.274 e. The van der Waals surface area contributed by atoms with E-state index in [1.54, 1.807) is 18.3 Å². The molecule has 3 rings (SSSR count). The minimum Gasteiger partial charge on any atom is -0.320 e. The number of hydrogen-bond donors (Lipinski definition) is 1. The summed E-state index contributed by atoms with van der Waals surface area (Å²) in [7, 11) is -3.23. The summed E-state index contributed by atoms with van der Waals surface area (Å²) in [5.41, 5.74) is 5.76. The number of carbonyl (C=O) groups is 1. The standard InChI is InChI=1S/C26H29BrN2OSi2/c1-31(2,3)18-10-14-24(32(4,5)6)20-15-16-21(27)19-11-9-13-22(25(19)20)29-26(30)23-12-7-8-17-28-23/h7-9,11-17H,1-6H3,(H,29,30)/b24-14-. The molecule has 3 aromatic rings. The molecule has 0 unspecified atom stereocenters. The number of halogens is 1. The molecule has 0 aliphatic rings. The maximum Gasteiger partial charge on any atom is 0.274 e. The third-order valence-corrected chi connectivity index (χ3v) is 8.51. The lowest BCUT2D eigenvalue weighted by molar-refractivity contribution is 0.102. The van der Waals surface area contributed by atoms with E-state index in [4.69, 9.17) is 0 Å². The fourth-order valence-electron chi connectivity index (χ4n) is 3.41. The van der Waals surface area contributed by atoms with Crippen LogP contribution in [0.1, 0.15) is 16.1 Å².